The summed E-state index contributed by atoms with van der Waals surface area (Å²) in [6.45, 7) is 6.57. The molecule has 0 aliphatic heterocycles. The van der Waals surface area contributed by atoms with Crippen LogP contribution >= 0.6 is 0 Å². The zero-order valence-corrected chi connectivity index (χ0v) is 15.4. The molecule has 0 radical (unpaired) electrons. The molecule has 4 heteroatoms. The van der Waals surface area contributed by atoms with Crippen molar-refractivity contribution in [3.8, 4) is 0 Å². The third kappa shape index (κ3) is 6.88. The van der Waals surface area contributed by atoms with Crippen molar-refractivity contribution in [2.75, 3.05) is 13.2 Å². The minimum absolute atomic E-state index is 0.284. The van der Waals surface area contributed by atoms with E-state index in [1.54, 1.807) is 12.1 Å². The minimum Gasteiger partial charge on any atom is -0.343 e. The molecule has 0 saturated heterocycles. The van der Waals surface area contributed by atoms with Crippen LogP contribution in [0, 0.1) is 5.82 Å². The van der Waals surface area contributed by atoms with E-state index in [0.717, 1.165) is 24.8 Å². The molecule has 1 rings (SSSR count). The van der Waals surface area contributed by atoms with Gasteiger partial charge in [0.15, 0.2) is 0 Å². The van der Waals surface area contributed by atoms with Crippen molar-refractivity contribution in [2.45, 2.75) is 77.6 Å². The van der Waals surface area contributed by atoms with Crippen LogP contribution in [0.3, 0.4) is 0 Å². The maximum absolute atomic E-state index is 13.2. The molecule has 0 heterocycles. The van der Waals surface area contributed by atoms with Gasteiger partial charge in [0.2, 0.25) is 0 Å². The van der Waals surface area contributed by atoms with Gasteiger partial charge in [0.1, 0.15) is 5.82 Å². The van der Waals surface area contributed by atoms with Crippen molar-refractivity contribution in [3.05, 3.63) is 35.6 Å². The van der Waals surface area contributed by atoms with Crippen LogP contribution in [0.2, 0.25) is 0 Å². The van der Waals surface area contributed by atoms with Crippen LogP contribution in [-0.4, -0.2) is 24.3 Å². The highest BCUT2D eigenvalue weighted by Gasteiger charge is 2.39. The molecule has 0 amide bonds. The van der Waals surface area contributed by atoms with E-state index in [2.05, 4.69) is 6.92 Å². The Morgan fingerprint density at radius 3 is 2.00 bits per heavy atom. The van der Waals surface area contributed by atoms with Crippen LogP contribution in [0.1, 0.15) is 77.2 Å². The molecule has 0 aliphatic carbocycles. The van der Waals surface area contributed by atoms with Crippen LogP contribution in [0.25, 0.3) is 0 Å². The smallest absolute Gasteiger partial charge is 0.287 e. The Labute approximate surface area is 146 Å². The quantitative estimate of drug-likeness (QED) is 0.387. The van der Waals surface area contributed by atoms with Crippen molar-refractivity contribution >= 4 is 0 Å². The first kappa shape index (κ1) is 21.1. The lowest BCUT2D eigenvalue weighted by Crippen LogP contribution is -2.42. The molecule has 0 aliphatic rings. The third-order valence-electron chi connectivity index (χ3n) is 4.26. The topological polar surface area (TPSA) is 38.7 Å². The normalized spacial score (nSPS) is 13.2. The monoisotopic (exact) mass is 340 g/mol. The summed E-state index contributed by atoms with van der Waals surface area (Å²) in [7, 11) is 0. The number of hydrogen-bond acceptors (Lipinski definition) is 3. The number of aliphatic hydroxyl groups is 1. The molecule has 1 aromatic rings. The minimum atomic E-state index is -1.66. The van der Waals surface area contributed by atoms with E-state index in [4.69, 9.17) is 9.47 Å². The lowest BCUT2D eigenvalue weighted by Gasteiger charge is -2.35. The number of benzene rings is 1. The highest BCUT2D eigenvalue weighted by molar-refractivity contribution is 5.22. The fraction of sp³-hybridized carbons (Fsp3) is 0.700. The summed E-state index contributed by atoms with van der Waals surface area (Å²) in [6.07, 6.45) is 7.79. The predicted molar refractivity (Wildman–Crippen MR) is 95.3 cm³/mol. The highest BCUT2D eigenvalue weighted by atomic mass is 19.1. The van der Waals surface area contributed by atoms with E-state index >= 15 is 0 Å². The maximum atomic E-state index is 13.2. The molecule has 24 heavy (non-hydrogen) atoms. The fourth-order valence-corrected chi connectivity index (χ4v) is 3.04. The maximum Gasteiger partial charge on any atom is 0.287 e. The Bertz CT molecular complexity index is 427. The average molecular weight is 340 g/mol. The van der Waals surface area contributed by atoms with Gasteiger partial charge in [0.25, 0.3) is 5.97 Å². The standard InChI is InChI=1S/C20H33FO3/c1-4-7-8-9-10-11-12-19(17-13-15-18(21)16-14-17)20(22,23-5-2)24-6-3/h13-16,19,22H,4-12H2,1-3H3. The van der Waals surface area contributed by atoms with Crippen LogP contribution in [0.4, 0.5) is 4.39 Å². The second-order valence-electron chi connectivity index (χ2n) is 6.16. The van der Waals surface area contributed by atoms with Crippen molar-refractivity contribution in [1.29, 1.82) is 0 Å². The zero-order valence-electron chi connectivity index (χ0n) is 15.4. The van der Waals surface area contributed by atoms with E-state index in [9.17, 15) is 9.50 Å². The van der Waals surface area contributed by atoms with Gasteiger partial charge in [0.05, 0.1) is 5.92 Å². The van der Waals surface area contributed by atoms with E-state index in [1.165, 1.54) is 37.8 Å². The Kier molecular flexibility index (Phi) is 10.2. The fourth-order valence-electron chi connectivity index (χ4n) is 3.04. The molecule has 0 spiro atoms. The largest absolute Gasteiger partial charge is 0.343 e. The van der Waals surface area contributed by atoms with Gasteiger partial charge < -0.3 is 14.6 Å². The van der Waals surface area contributed by atoms with E-state index in [-0.39, 0.29) is 11.7 Å². The summed E-state index contributed by atoms with van der Waals surface area (Å²) in [5, 5.41) is 10.9. The number of ether oxygens (including phenoxy) is 2. The second-order valence-corrected chi connectivity index (χ2v) is 6.16. The SMILES string of the molecule is CCCCCCCCC(c1ccc(F)cc1)C(O)(OCC)OCC. The lowest BCUT2D eigenvalue weighted by atomic mass is 9.90. The molecule has 0 aromatic heterocycles. The van der Waals surface area contributed by atoms with Gasteiger partial charge in [-0.05, 0) is 38.0 Å². The van der Waals surface area contributed by atoms with Crippen molar-refractivity contribution < 1.29 is 19.0 Å². The first-order chi connectivity index (χ1) is 11.6. The van der Waals surface area contributed by atoms with Gasteiger partial charge in [-0.2, -0.15) is 0 Å². The Hall–Kier alpha value is -0.970. The molecular formula is C20H33FO3. The average Bonchev–Trinajstić information content (AvgIpc) is 2.56. The molecule has 1 unspecified atom stereocenters. The van der Waals surface area contributed by atoms with Gasteiger partial charge in [0, 0.05) is 13.2 Å². The number of unbranched alkanes of at least 4 members (excludes halogenated alkanes) is 5. The van der Waals surface area contributed by atoms with Crippen molar-refractivity contribution in [1.82, 2.24) is 0 Å². The van der Waals surface area contributed by atoms with E-state index in [0.29, 0.717) is 13.2 Å². The second kappa shape index (κ2) is 11.6. The van der Waals surface area contributed by atoms with Gasteiger partial charge >= 0.3 is 0 Å². The first-order valence-corrected chi connectivity index (χ1v) is 9.33. The molecule has 138 valence electrons. The third-order valence-corrected chi connectivity index (χ3v) is 4.26. The first-order valence-electron chi connectivity index (χ1n) is 9.33. The summed E-state index contributed by atoms with van der Waals surface area (Å²) in [4.78, 5) is 0. The molecule has 0 saturated carbocycles. The summed E-state index contributed by atoms with van der Waals surface area (Å²) >= 11 is 0. The Morgan fingerprint density at radius 1 is 0.917 bits per heavy atom. The van der Waals surface area contributed by atoms with Gasteiger partial charge in [-0.1, -0.05) is 57.6 Å². The van der Waals surface area contributed by atoms with Gasteiger partial charge in [-0.25, -0.2) is 4.39 Å². The number of rotatable bonds is 13. The molecule has 0 bridgehead atoms. The van der Waals surface area contributed by atoms with Crippen molar-refractivity contribution in [3.63, 3.8) is 0 Å². The summed E-state index contributed by atoms with van der Waals surface area (Å²) in [6, 6.07) is 6.25. The summed E-state index contributed by atoms with van der Waals surface area (Å²) in [5.74, 6) is -2.28. The van der Waals surface area contributed by atoms with Crippen LogP contribution in [0.5, 0.6) is 0 Å². The van der Waals surface area contributed by atoms with E-state index < -0.39 is 5.97 Å². The number of halogens is 1. The van der Waals surface area contributed by atoms with Crippen LogP contribution < -0.4 is 0 Å². The predicted octanol–water partition coefficient (Wildman–Crippen LogP) is 5.38. The van der Waals surface area contributed by atoms with E-state index in [1.807, 2.05) is 13.8 Å². The molecule has 3 nitrogen and oxygen atoms in total. The van der Waals surface area contributed by atoms with Crippen LogP contribution in [-0.2, 0) is 9.47 Å². The van der Waals surface area contributed by atoms with Crippen LogP contribution in [0.15, 0.2) is 24.3 Å². The van der Waals surface area contributed by atoms with Gasteiger partial charge in [-0.15, -0.1) is 0 Å². The highest BCUT2D eigenvalue weighted by Crippen LogP contribution is 2.35. The Balaban J connectivity index is 2.80. The molecule has 1 N–H and O–H groups in total. The number of hydrogen-bond donors (Lipinski definition) is 1. The molecule has 1 atom stereocenters. The lowest BCUT2D eigenvalue weighted by molar-refractivity contribution is -0.370. The zero-order chi connectivity index (χ0) is 17.8. The molecular weight excluding hydrogens is 307 g/mol. The van der Waals surface area contributed by atoms with Gasteiger partial charge in [-0.3, -0.25) is 0 Å². The summed E-state index contributed by atoms with van der Waals surface area (Å²) < 4.78 is 24.3. The molecule has 0 fully saturated rings. The summed E-state index contributed by atoms with van der Waals surface area (Å²) in [5.41, 5.74) is 0.842. The van der Waals surface area contributed by atoms with Crippen molar-refractivity contribution in [2.24, 2.45) is 0 Å². The molecule has 1 aromatic carbocycles. The Morgan fingerprint density at radius 2 is 1.46 bits per heavy atom.